The molecule has 256 valence electrons. The molecule has 0 aromatic heterocycles. The van der Waals surface area contributed by atoms with Gasteiger partial charge in [0.25, 0.3) is 0 Å². The number of rotatable bonds is 12. The number of carbonyl (C=O) groups excluding carboxylic acids is 1. The van der Waals surface area contributed by atoms with Gasteiger partial charge in [0, 0.05) is 19.8 Å². The highest BCUT2D eigenvalue weighted by molar-refractivity contribution is 5.67. The first kappa shape index (κ1) is 35.8. The smallest absolute Gasteiger partial charge is 0.303 e. The van der Waals surface area contributed by atoms with E-state index in [0.29, 0.717) is 19.3 Å². The summed E-state index contributed by atoms with van der Waals surface area (Å²) in [6, 6.07) is 0. The quantitative estimate of drug-likeness (QED) is 0.154. The van der Waals surface area contributed by atoms with Crippen molar-refractivity contribution >= 4 is 17.9 Å². The number of hydrogen-bond acceptors (Lipinski definition) is 9. The van der Waals surface area contributed by atoms with E-state index in [1.807, 2.05) is 13.8 Å². The Bertz CT molecular complexity index is 1160. The van der Waals surface area contributed by atoms with E-state index >= 15 is 0 Å². The number of aliphatic hydroxyl groups is 3. The molecule has 4 fully saturated rings. The van der Waals surface area contributed by atoms with E-state index in [-0.39, 0.29) is 65.8 Å². The van der Waals surface area contributed by atoms with Crippen LogP contribution in [0.5, 0.6) is 0 Å². The van der Waals surface area contributed by atoms with Crippen molar-refractivity contribution in [3.8, 4) is 0 Å². The van der Waals surface area contributed by atoms with E-state index in [1.165, 1.54) is 6.92 Å². The lowest BCUT2D eigenvalue weighted by Crippen LogP contribution is -2.64. The first-order valence-corrected chi connectivity index (χ1v) is 16.4. The lowest BCUT2D eigenvalue weighted by molar-refractivity contribution is -0.261. The maximum absolute atomic E-state index is 12.1. The summed E-state index contributed by atoms with van der Waals surface area (Å²) in [5, 5.41) is 52.9. The number of carboxylic acid groups (broad SMARTS) is 2. The molecule has 1 heterocycles. The first-order valence-electron chi connectivity index (χ1n) is 16.4. The standard InChI is InChI=1S/C34H54O11/c1-18(2)20-8-13-32(5)24(31(20,4)12-10-25(37)38)16-22(36)27-21(9-14-33(27,32)6)34(7,15-11-26(39)40)45-30-29(42)28(41)23(44-30)17-43-19(3)35/h20-24,27-30,36,41-42H,1,8-17H2,2-7H3,(H,37,38)(H,39,40)/t20-,21-,22+,23-,24?,27-,28-,29+,30-,31-,32+,33+,34-/m0/s1. The van der Waals surface area contributed by atoms with Crippen molar-refractivity contribution in [2.24, 2.45) is 39.9 Å². The Morgan fingerprint density at radius 3 is 2.16 bits per heavy atom. The molecule has 0 aromatic rings. The van der Waals surface area contributed by atoms with Crippen LogP contribution in [0.3, 0.4) is 0 Å². The van der Waals surface area contributed by atoms with E-state index in [2.05, 4.69) is 27.4 Å². The van der Waals surface area contributed by atoms with Crippen LogP contribution < -0.4 is 0 Å². The van der Waals surface area contributed by atoms with Gasteiger partial charge in [0.1, 0.15) is 24.9 Å². The molecule has 0 aromatic carbocycles. The zero-order chi connectivity index (χ0) is 33.7. The second kappa shape index (κ2) is 12.9. The largest absolute Gasteiger partial charge is 0.481 e. The van der Waals surface area contributed by atoms with Gasteiger partial charge in [-0.05, 0) is 98.7 Å². The van der Waals surface area contributed by atoms with Gasteiger partial charge in [0.15, 0.2) is 6.29 Å². The van der Waals surface area contributed by atoms with Crippen molar-refractivity contribution < 1.29 is 54.1 Å². The number of ether oxygens (including phenoxy) is 3. The maximum Gasteiger partial charge on any atom is 0.303 e. The molecule has 0 spiro atoms. The number of hydrogen-bond donors (Lipinski definition) is 5. The Morgan fingerprint density at radius 2 is 1.58 bits per heavy atom. The lowest BCUT2D eigenvalue weighted by atomic mass is 9.37. The highest BCUT2D eigenvalue weighted by Crippen LogP contribution is 2.74. The summed E-state index contributed by atoms with van der Waals surface area (Å²) in [5.41, 5.74) is -1.09. The fourth-order valence-corrected chi connectivity index (χ4v) is 10.4. The number of esters is 1. The molecule has 4 aliphatic rings. The van der Waals surface area contributed by atoms with Crippen LogP contribution in [0.25, 0.3) is 0 Å². The van der Waals surface area contributed by atoms with Gasteiger partial charge in [-0.3, -0.25) is 14.4 Å². The van der Waals surface area contributed by atoms with Gasteiger partial charge in [-0.1, -0.05) is 32.9 Å². The molecule has 11 heteroatoms. The van der Waals surface area contributed by atoms with Crippen LogP contribution in [0.4, 0.5) is 0 Å². The number of fused-ring (bicyclic) bond motifs is 3. The Labute approximate surface area is 266 Å². The summed E-state index contributed by atoms with van der Waals surface area (Å²) < 4.78 is 17.3. The Balaban J connectivity index is 1.68. The zero-order valence-electron chi connectivity index (χ0n) is 27.7. The monoisotopic (exact) mass is 638 g/mol. The van der Waals surface area contributed by atoms with Crippen molar-refractivity contribution in [2.45, 2.75) is 136 Å². The van der Waals surface area contributed by atoms with Crippen LogP contribution in [0, 0.1) is 39.9 Å². The average Bonchev–Trinajstić information content (AvgIpc) is 3.45. The SMILES string of the molecule is C=C(C)[C@@H]1CC[C@]2(C)C(C[C@@H](O)[C@@H]3[C@@H]([C@](C)(CCC(=O)O)O[C@@H]4O[C@@H](COC(C)=O)[C@H](O)[C@H]4O)CC[C@]32C)[C@@]1(C)CCC(=O)O. The van der Waals surface area contributed by atoms with Crippen LogP contribution in [0.2, 0.25) is 0 Å². The molecule has 0 radical (unpaired) electrons. The minimum atomic E-state index is -1.45. The lowest BCUT2D eigenvalue weighted by Gasteiger charge is -2.67. The Morgan fingerprint density at radius 1 is 0.956 bits per heavy atom. The highest BCUT2D eigenvalue weighted by atomic mass is 16.7. The van der Waals surface area contributed by atoms with E-state index in [4.69, 9.17) is 14.2 Å². The number of carbonyl (C=O) groups is 3. The summed E-state index contributed by atoms with van der Waals surface area (Å²) in [5.74, 6) is -2.78. The van der Waals surface area contributed by atoms with Crippen LogP contribution in [0.15, 0.2) is 12.2 Å². The van der Waals surface area contributed by atoms with Crippen molar-refractivity contribution in [3.05, 3.63) is 12.2 Å². The second-order valence-corrected chi connectivity index (χ2v) is 15.3. The highest BCUT2D eigenvalue weighted by Gasteiger charge is 2.70. The molecular weight excluding hydrogens is 584 g/mol. The van der Waals surface area contributed by atoms with Gasteiger partial charge >= 0.3 is 17.9 Å². The van der Waals surface area contributed by atoms with Crippen LogP contribution >= 0.6 is 0 Å². The molecule has 45 heavy (non-hydrogen) atoms. The third-order valence-corrected chi connectivity index (χ3v) is 12.9. The maximum atomic E-state index is 12.1. The third kappa shape index (κ3) is 6.32. The molecule has 11 nitrogen and oxygen atoms in total. The summed E-state index contributed by atoms with van der Waals surface area (Å²) in [6.07, 6.45) is -1.81. The van der Waals surface area contributed by atoms with Gasteiger partial charge in [-0.25, -0.2) is 0 Å². The van der Waals surface area contributed by atoms with E-state index in [9.17, 15) is 39.9 Å². The summed E-state index contributed by atoms with van der Waals surface area (Å²) in [6.45, 7) is 15.8. The van der Waals surface area contributed by atoms with Gasteiger partial charge in [0.2, 0.25) is 0 Å². The molecular formula is C34H54O11. The molecule has 1 saturated heterocycles. The van der Waals surface area contributed by atoms with Crippen LogP contribution in [-0.2, 0) is 28.6 Å². The van der Waals surface area contributed by atoms with Crippen molar-refractivity contribution in [2.75, 3.05) is 6.61 Å². The minimum absolute atomic E-state index is 0.0400. The molecule has 5 N–H and O–H groups in total. The van der Waals surface area contributed by atoms with E-state index in [0.717, 1.165) is 24.8 Å². The number of allylic oxidation sites excluding steroid dienone is 1. The summed E-state index contributed by atoms with van der Waals surface area (Å²) >= 11 is 0. The van der Waals surface area contributed by atoms with Crippen LogP contribution in [-0.4, -0.2) is 86.4 Å². The molecule has 0 bridgehead atoms. The number of carboxylic acids is 2. The minimum Gasteiger partial charge on any atom is -0.481 e. The van der Waals surface area contributed by atoms with Gasteiger partial charge in [-0.15, -0.1) is 0 Å². The van der Waals surface area contributed by atoms with Crippen molar-refractivity contribution in [1.29, 1.82) is 0 Å². The molecule has 3 saturated carbocycles. The van der Waals surface area contributed by atoms with Crippen molar-refractivity contribution in [3.63, 3.8) is 0 Å². The first-order chi connectivity index (χ1) is 20.8. The Hall–Kier alpha value is -2.05. The predicted molar refractivity (Wildman–Crippen MR) is 163 cm³/mol. The fraction of sp³-hybridized carbons (Fsp3) is 0.853. The molecule has 4 rings (SSSR count). The predicted octanol–water partition coefficient (Wildman–Crippen LogP) is 3.91. The fourth-order valence-electron chi connectivity index (χ4n) is 10.4. The van der Waals surface area contributed by atoms with Gasteiger partial charge < -0.3 is 39.7 Å². The van der Waals surface area contributed by atoms with Gasteiger partial charge in [0.05, 0.1) is 11.7 Å². The zero-order valence-corrected chi connectivity index (χ0v) is 27.7. The molecule has 0 amide bonds. The normalized spacial score (nSPS) is 44.0. The number of aliphatic carboxylic acids is 2. The van der Waals surface area contributed by atoms with E-state index in [1.54, 1.807) is 0 Å². The molecule has 1 unspecified atom stereocenters. The third-order valence-electron chi connectivity index (χ3n) is 12.9. The van der Waals surface area contributed by atoms with Crippen molar-refractivity contribution in [1.82, 2.24) is 0 Å². The second-order valence-electron chi connectivity index (χ2n) is 15.3. The number of aliphatic hydroxyl groups excluding tert-OH is 3. The topological polar surface area (TPSA) is 180 Å². The Kier molecular flexibility index (Phi) is 10.2. The summed E-state index contributed by atoms with van der Waals surface area (Å²) in [7, 11) is 0. The molecule has 3 aliphatic carbocycles. The van der Waals surface area contributed by atoms with Crippen LogP contribution in [0.1, 0.15) is 99.3 Å². The van der Waals surface area contributed by atoms with Gasteiger partial charge in [-0.2, -0.15) is 0 Å². The summed E-state index contributed by atoms with van der Waals surface area (Å²) in [4.78, 5) is 34.9. The average molecular weight is 639 g/mol. The molecule has 13 atom stereocenters. The van der Waals surface area contributed by atoms with E-state index < -0.39 is 54.2 Å². The molecule has 1 aliphatic heterocycles.